The summed E-state index contributed by atoms with van der Waals surface area (Å²) >= 11 is 0. The summed E-state index contributed by atoms with van der Waals surface area (Å²) in [5.74, 6) is 1.39. The summed E-state index contributed by atoms with van der Waals surface area (Å²) in [6.45, 7) is 6.44. The average Bonchev–Trinajstić information content (AvgIpc) is 2.84. The number of nitrogens with zero attached hydrogens (tertiary/aromatic N) is 1. The van der Waals surface area contributed by atoms with E-state index >= 15 is 0 Å². The lowest BCUT2D eigenvalue weighted by Crippen LogP contribution is -2.31. The molecule has 3 heterocycles. The van der Waals surface area contributed by atoms with Gasteiger partial charge < -0.3 is 14.6 Å². The van der Waals surface area contributed by atoms with Gasteiger partial charge in [-0.25, -0.2) is 0 Å². The normalized spacial score (nSPS) is 17.7. The Morgan fingerprint density at radius 3 is 2.66 bits per heavy atom. The zero-order valence-corrected chi connectivity index (χ0v) is 19.2. The van der Waals surface area contributed by atoms with Crippen LogP contribution in [0.25, 0.3) is 10.9 Å². The second-order valence-electron chi connectivity index (χ2n) is 9.39. The first-order chi connectivity index (χ1) is 15.7. The first-order valence-electron chi connectivity index (χ1n) is 12.3. The van der Waals surface area contributed by atoms with Gasteiger partial charge in [0.1, 0.15) is 5.75 Å². The van der Waals surface area contributed by atoms with Gasteiger partial charge in [0.05, 0.1) is 6.61 Å². The third-order valence-corrected chi connectivity index (χ3v) is 7.25. The molecule has 2 aromatic carbocycles. The van der Waals surface area contributed by atoms with Gasteiger partial charge in [-0.1, -0.05) is 31.5 Å². The quantitative estimate of drug-likeness (QED) is 0.568. The Morgan fingerprint density at radius 1 is 1.00 bits per heavy atom. The number of benzene rings is 2. The lowest BCUT2D eigenvalue weighted by molar-refractivity contribution is 0.223. The second kappa shape index (κ2) is 9.50. The number of piperidine rings is 1. The molecule has 0 saturated carbocycles. The van der Waals surface area contributed by atoms with E-state index in [2.05, 4.69) is 52.3 Å². The average molecular weight is 431 g/mol. The molecule has 0 bridgehead atoms. The minimum atomic E-state index is 0.0316. The summed E-state index contributed by atoms with van der Waals surface area (Å²) in [4.78, 5) is 17.9. The van der Waals surface area contributed by atoms with Crippen molar-refractivity contribution in [2.45, 2.75) is 57.8 Å². The number of aromatic nitrogens is 1. The largest absolute Gasteiger partial charge is 0.493 e. The second-order valence-corrected chi connectivity index (χ2v) is 9.39. The molecule has 0 spiro atoms. The highest BCUT2D eigenvalue weighted by atomic mass is 16.5. The molecule has 1 atom stereocenters. The minimum absolute atomic E-state index is 0.0316. The number of fused-ring (bicyclic) bond motifs is 2. The van der Waals surface area contributed by atoms with Crippen LogP contribution in [0.2, 0.25) is 0 Å². The van der Waals surface area contributed by atoms with Crippen molar-refractivity contribution < 1.29 is 4.74 Å². The summed E-state index contributed by atoms with van der Waals surface area (Å²) in [5.41, 5.74) is 5.86. The van der Waals surface area contributed by atoms with Gasteiger partial charge in [-0.2, -0.15) is 0 Å². The Balaban J connectivity index is 1.51. The van der Waals surface area contributed by atoms with E-state index < -0.39 is 0 Å². The molecule has 1 aromatic heterocycles. The molecule has 168 valence electrons. The van der Waals surface area contributed by atoms with E-state index in [1.165, 1.54) is 49.0 Å². The maximum absolute atomic E-state index is 12.2. The highest BCUT2D eigenvalue weighted by Crippen LogP contribution is 2.34. The predicted octanol–water partition coefficient (Wildman–Crippen LogP) is 5.42. The number of nitrogens with one attached hydrogen (secondary N) is 1. The smallest absolute Gasteiger partial charge is 0.251 e. The van der Waals surface area contributed by atoms with Gasteiger partial charge in [-0.05, 0) is 105 Å². The van der Waals surface area contributed by atoms with Gasteiger partial charge in [-0.15, -0.1) is 0 Å². The van der Waals surface area contributed by atoms with Crippen molar-refractivity contribution in [1.29, 1.82) is 0 Å². The Kier molecular flexibility index (Phi) is 6.31. The van der Waals surface area contributed by atoms with E-state index in [-0.39, 0.29) is 5.56 Å². The molecule has 0 amide bonds. The molecule has 0 aliphatic carbocycles. The fourth-order valence-corrected chi connectivity index (χ4v) is 5.37. The number of ether oxygens (including phenoxy) is 1. The van der Waals surface area contributed by atoms with Crippen LogP contribution in [0.15, 0.2) is 47.3 Å². The predicted molar refractivity (Wildman–Crippen MR) is 131 cm³/mol. The van der Waals surface area contributed by atoms with E-state index in [0.29, 0.717) is 5.92 Å². The Bertz CT molecular complexity index is 1140. The van der Waals surface area contributed by atoms with Crippen LogP contribution in [-0.2, 0) is 12.8 Å². The maximum Gasteiger partial charge on any atom is 0.251 e. The number of aryl methyl sites for hydroxylation is 2. The van der Waals surface area contributed by atoms with Crippen molar-refractivity contribution in [1.82, 2.24) is 9.88 Å². The van der Waals surface area contributed by atoms with Crippen molar-refractivity contribution in [3.63, 3.8) is 0 Å². The molecule has 1 saturated heterocycles. The highest BCUT2D eigenvalue weighted by molar-refractivity contribution is 5.80. The monoisotopic (exact) mass is 430 g/mol. The van der Waals surface area contributed by atoms with Crippen LogP contribution >= 0.6 is 0 Å². The van der Waals surface area contributed by atoms with Gasteiger partial charge >= 0.3 is 0 Å². The van der Waals surface area contributed by atoms with Crippen LogP contribution in [0.3, 0.4) is 0 Å². The lowest BCUT2D eigenvalue weighted by atomic mass is 9.86. The minimum Gasteiger partial charge on any atom is -0.493 e. The molecule has 5 rings (SSSR count). The maximum atomic E-state index is 12.2. The molecule has 2 aliphatic rings. The molecule has 3 aromatic rings. The number of aromatic amines is 1. The van der Waals surface area contributed by atoms with Crippen molar-refractivity contribution in [2.24, 2.45) is 0 Å². The van der Waals surface area contributed by atoms with Gasteiger partial charge in [0.25, 0.3) is 5.56 Å². The molecular formula is C28H34N2O2. The number of hydrogen-bond donors (Lipinski definition) is 1. The first-order valence-corrected chi connectivity index (χ1v) is 12.3. The van der Waals surface area contributed by atoms with Crippen LogP contribution < -0.4 is 10.3 Å². The highest BCUT2D eigenvalue weighted by Gasteiger charge is 2.20. The van der Waals surface area contributed by atoms with Crippen molar-refractivity contribution in [3.8, 4) is 5.75 Å². The van der Waals surface area contributed by atoms with Crippen LogP contribution in [-0.4, -0.2) is 36.1 Å². The van der Waals surface area contributed by atoms with Crippen molar-refractivity contribution in [2.75, 3.05) is 26.2 Å². The Hall–Kier alpha value is -2.59. The van der Waals surface area contributed by atoms with Gasteiger partial charge in [-0.3, -0.25) is 4.79 Å². The topological polar surface area (TPSA) is 45.3 Å². The first kappa shape index (κ1) is 21.3. The summed E-state index contributed by atoms with van der Waals surface area (Å²) < 4.78 is 5.87. The molecule has 0 radical (unpaired) electrons. The number of rotatable bonds is 6. The lowest BCUT2D eigenvalue weighted by Gasteiger charge is -2.29. The van der Waals surface area contributed by atoms with E-state index in [0.717, 1.165) is 61.1 Å². The molecular weight excluding hydrogens is 396 g/mol. The molecule has 1 N–H and O–H groups in total. The Morgan fingerprint density at radius 2 is 1.81 bits per heavy atom. The van der Waals surface area contributed by atoms with Crippen LogP contribution in [0, 0.1) is 0 Å². The fraction of sp³-hybridized carbons (Fsp3) is 0.464. The third-order valence-electron chi connectivity index (χ3n) is 7.25. The fourth-order valence-electron chi connectivity index (χ4n) is 5.37. The molecule has 1 fully saturated rings. The van der Waals surface area contributed by atoms with Gasteiger partial charge in [0.2, 0.25) is 0 Å². The van der Waals surface area contributed by atoms with Crippen molar-refractivity contribution in [3.05, 3.63) is 75.1 Å². The third kappa shape index (κ3) is 4.47. The molecule has 32 heavy (non-hydrogen) atoms. The zero-order valence-electron chi connectivity index (χ0n) is 19.2. The number of hydrogen-bond acceptors (Lipinski definition) is 3. The van der Waals surface area contributed by atoms with Gasteiger partial charge in [0.15, 0.2) is 0 Å². The molecule has 4 nitrogen and oxygen atoms in total. The molecule has 0 unspecified atom stereocenters. The van der Waals surface area contributed by atoms with E-state index in [9.17, 15) is 4.79 Å². The number of H-pyrrole nitrogens is 1. The summed E-state index contributed by atoms with van der Waals surface area (Å²) in [7, 11) is 0. The van der Waals surface area contributed by atoms with E-state index in [1.54, 1.807) is 0 Å². The SMILES string of the molecule is CCc1cc2cc([C@@H](CCN3CCCCC3)c3ccc4c(c3)CCCO4)ccc2[nH]c1=O. The van der Waals surface area contributed by atoms with E-state index in [4.69, 9.17) is 4.74 Å². The van der Waals surface area contributed by atoms with Crippen LogP contribution in [0.1, 0.15) is 67.2 Å². The van der Waals surface area contributed by atoms with E-state index in [1.807, 2.05) is 6.92 Å². The number of pyridine rings is 1. The summed E-state index contributed by atoms with van der Waals surface area (Å²) in [5, 5.41) is 1.13. The van der Waals surface area contributed by atoms with Crippen molar-refractivity contribution >= 4 is 10.9 Å². The zero-order chi connectivity index (χ0) is 21.9. The van der Waals surface area contributed by atoms with Gasteiger partial charge in [0, 0.05) is 17.0 Å². The number of likely N-dealkylation sites (tertiary alicyclic amines) is 1. The van der Waals surface area contributed by atoms with Crippen LogP contribution in [0.5, 0.6) is 5.75 Å². The Labute approximate surface area is 190 Å². The van der Waals surface area contributed by atoms with Crippen LogP contribution in [0.4, 0.5) is 0 Å². The molecule has 2 aliphatic heterocycles. The standard InChI is InChI=1S/C28H34N2O2/c1-2-20-17-24-19-21(8-10-26(24)29-28(20)31)25(12-15-30-13-4-3-5-14-30)22-9-11-27-23(18-22)7-6-16-32-27/h8-11,17-19,25H,2-7,12-16H2,1H3,(H,29,31)/t25-/m1/s1. The molecule has 4 heteroatoms. The summed E-state index contributed by atoms with van der Waals surface area (Å²) in [6, 6.07) is 15.5. The summed E-state index contributed by atoms with van der Waals surface area (Å²) in [6.07, 6.45) is 8.06.